The molecule has 1 atom stereocenters. The van der Waals surface area contributed by atoms with Gasteiger partial charge in [-0.1, -0.05) is 37.3 Å². The van der Waals surface area contributed by atoms with Crippen molar-refractivity contribution in [3.63, 3.8) is 0 Å². The Morgan fingerprint density at radius 2 is 1.85 bits per heavy atom. The molecule has 3 N–H and O–H groups in total. The van der Waals surface area contributed by atoms with Crippen LogP contribution in [0.5, 0.6) is 0 Å². The van der Waals surface area contributed by atoms with Crippen LogP contribution in [0.3, 0.4) is 0 Å². The molecule has 182 valence electrons. The third-order valence-electron chi connectivity index (χ3n) is 5.27. The Morgan fingerprint density at radius 1 is 1.15 bits per heavy atom. The first-order valence-electron chi connectivity index (χ1n) is 11.1. The van der Waals surface area contributed by atoms with E-state index in [1.54, 1.807) is 32.0 Å². The van der Waals surface area contributed by atoms with Crippen molar-refractivity contribution in [3.8, 4) is 11.5 Å². The van der Waals surface area contributed by atoms with Crippen LogP contribution in [0, 0.1) is 0 Å². The molecule has 0 aliphatic rings. The fourth-order valence-corrected chi connectivity index (χ4v) is 4.58. The molecule has 0 saturated carbocycles. The zero-order valence-electron chi connectivity index (χ0n) is 19.9. The van der Waals surface area contributed by atoms with Gasteiger partial charge in [-0.05, 0) is 50.5 Å². The van der Waals surface area contributed by atoms with Crippen molar-refractivity contribution < 1.29 is 17.6 Å². The molecule has 0 spiro atoms. The number of benzene rings is 2. The minimum absolute atomic E-state index is 0.149. The fourth-order valence-electron chi connectivity index (χ4n) is 3.63. The van der Waals surface area contributed by atoms with Gasteiger partial charge in [-0.15, -0.1) is 10.2 Å². The van der Waals surface area contributed by atoms with Crippen molar-refractivity contribution in [2.24, 2.45) is 5.73 Å². The monoisotopic (exact) mass is 485 g/mol. The molecule has 34 heavy (non-hydrogen) atoms. The van der Waals surface area contributed by atoms with E-state index in [0.717, 1.165) is 18.2 Å². The van der Waals surface area contributed by atoms with E-state index in [0.29, 0.717) is 29.8 Å². The number of rotatable bonds is 10. The molecule has 0 aliphatic carbocycles. The first-order chi connectivity index (χ1) is 16.0. The van der Waals surface area contributed by atoms with E-state index in [-0.39, 0.29) is 24.2 Å². The van der Waals surface area contributed by atoms with E-state index in [9.17, 15) is 13.2 Å². The maximum absolute atomic E-state index is 12.7. The Labute approximate surface area is 200 Å². The second-order valence-electron chi connectivity index (χ2n) is 8.44. The van der Waals surface area contributed by atoms with Crippen molar-refractivity contribution in [2.75, 3.05) is 23.7 Å². The topological polar surface area (TPSA) is 131 Å². The smallest absolute Gasteiger partial charge is 0.251 e. The lowest BCUT2D eigenvalue weighted by molar-refractivity contribution is 0.0953. The Kier molecular flexibility index (Phi) is 7.73. The lowest BCUT2D eigenvalue weighted by Crippen LogP contribution is -2.35. The van der Waals surface area contributed by atoms with Crippen molar-refractivity contribution in [3.05, 3.63) is 65.5 Å². The SMILES string of the molecule is CCCNC(=O)c1cc(-c2nnc([C@](C)(N)Cc3ccccc3)o2)cc(N(CC)S(C)(=O)=O)c1. The van der Waals surface area contributed by atoms with Crippen molar-refractivity contribution in [1.82, 2.24) is 15.5 Å². The number of nitrogens with one attached hydrogen (secondary N) is 1. The number of carbonyl (C=O) groups excluding carboxylic acids is 1. The van der Waals surface area contributed by atoms with E-state index in [1.807, 2.05) is 37.3 Å². The number of sulfonamides is 1. The minimum Gasteiger partial charge on any atom is -0.419 e. The molecule has 3 aromatic rings. The van der Waals surface area contributed by atoms with Crippen LogP contribution in [-0.4, -0.2) is 43.9 Å². The van der Waals surface area contributed by atoms with Gasteiger partial charge < -0.3 is 15.5 Å². The second-order valence-corrected chi connectivity index (χ2v) is 10.4. The molecular formula is C24H31N5O4S. The molecule has 1 amide bonds. The summed E-state index contributed by atoms with van der Waals surface area (Å²) >= 11 is 0. The lowest BCUT2D eigenvalue weighted by atomic mass is 9.94. The summed E-state index contributed by atoms with van der Waals surface area (Å²) in [6, 6.07) is 14.5. The highest BCUT2D eigenvalue weighted by Gasteiger charge is 2.29. The van der Waals surface area contributed by atoms with Crippen LogP contribution in [0.4, 0.5) is 5.69 Å². The number of nitrogens with two attached hydrogens (primary N) is 1. The first-order valence-corrected chi connectivity index (χ1v) is 13.0. The summed E-state index contributed by atoms with van der Waals surface area (Å²) < 4.78 is 31.8. The van der Waals surface area contributed by atoms with E-state index >= 15 is 0 Å². The summed E-state index contributed by atoms with van der Waals surface area (Å²) in [7, 11) is -3.56. The van der Waals surface area contributed by atoms with Gasteiger partial charge in [0.05, 0.1) is 17.5 Å². The van der Waals surface area contributed by atoms with Crippen molar-refractivity contribution in [2.45, 2.75) is 39.2 Å². The number of hydrogen-bond acceptors (Lipinski definition) is 7. The molecule has 0 radical (unpaired) electrons. The highest BCUT2D eigenvalue weighted by molar-refractivity contribution is 7.92. The Bertz CT molecular complexity index is 1240. The molecule has 1 aromatic heterocycles. The Hall–Kier alpha value is -3.24. The van der Waals surface area contributed by atoms with E-state index in [1.165, 1.54) is 4.31 Å². The van der Waals surface area contributed by atoms with Gasteiger partial charge in [-0.2, -0.15) is 0 Å². The largest absolute Gasteiger partial charge is 0.419 e. The van der Waals surface area contributed by atoms with Crippen LogP contribution in [0.1, 0.15) is 49.0 Å². The van der Waals surface area contributed by atoms with Crippen LogP contribution < -0.4 is 15.4 Å². The normalized spacial score (nSPS) is 13.3. The predicted octanol–water partition coefficient (Wildman–Crippen LogP) is 3.08. The number of anilines is 1. The van der Waals surface area contributed by atoms with Gasteiger partial charge >= 0.3 is 0 Å². The molecule has 0 fully saturated rings. The predicted molar refractivity (Wildman–Crippen MR) is 132 cm³/mol. The quantitative estimate of drug-likeness (QED) is 0.451. The first kappa shape index (κ1) is 25.4. The zero-order chi connectivity index (χ0) is 24.9. The minimum atomic E-state index is -3.56. The molecular weight excluding hydrogens is 454 g/mol. The van der Waals surface area contributed by atoms with Crippen LogP contribution in [0.25, 0.3) is 11.5 Å². The van der Waals surface area contributed by atoms with Crippen LogP contribution >= 0.6 is 0 Å². The number of amides is 1. The molecule has 0 saturated heterocycles. The molecule has 2 aromatic carbocycles. The molecule has 0 aliphatic heterocycles. The van der Waals surface area contributed by atoms with E-state index in [2.05, 4.69) is 15.5 Å². The van der Waals surface area contributed by atoms with Gasteiger partial charge in [-0.25, -0.2) is 8.42 Å². The standard InChI is InChI=1S/C24H31N5O4S/c1-5-12-26-21(30)18-13-19(15-20(14-18)29(6-2)34(4,31)32)22-27-28-23(33-22)24(3,25)16-17-10-8-7-9-11-17/h7-11,13-15H,5-6,12,16,25H2,1-4H3,(H,26,30)/t24-/m1/s1. The fraction of sp³-hybridized carbons (Fsp3) is 0.375. The van der Waals surface area contributed by atoms with E-state index < -0.39 is 15.6 Å². The summed E-state index contributed by atoms with van der Waals surface area (Å²) in [5.74, 6) is 0.0712. The highest BCUT2D eigenvalue weighted by atomic mass is 32.2. The van der Waals surface area contributed by atoms with Crippen LogP contribution in [0.15, 0.2) is 52.9 Å². The summed E-state index contributed by atoms with van der Waals surface area (Å²) in [4.78, 5) is 12.7. The zero-order valence-corrected chi connectivity index (χ0v) is 20.7. The summed E-state index contributed by atoms with van der Waals surface area (Å²) in [5, 5.41) is 11.1. The van der Waals surface area contributed by atoms with Crippen molar-refractivity contribution >= 4 is 21.6 Å². The Morgan fingerprint density at radius 3 is 2.47 bits per heavy atom. The molecule has 0 unspecified atom stereocenters. The Balaban J connectivity index is 2.02. The number of carbonyl (C=O) groups is 1. The third kappa shape index (κ3) is 6.00. The second kappa shape index (κ2) is 10.4. The molecule has 10 heteroatoms. The van der Waals surface area contributed by atoms with E-state index in [4.69, 9.17) is 10.2 Å². The average molecular weight is 486 g/mol. The average Bonchev–Trinajstić information content (AvgIpc) is 3.29. The molecule has 9 nitrogen and oxygen atoms in total. The van der Waals surface area contributed by atoms with Gasteiger partial charge in [0.15, 0.2) is 0 Å². The van der Waals surface area contributed by atoms with Crippen LogP contribution in [0.2, 0.25) is 0 Å². The molecule has 0 bridgehead atoms. The van der Waals surface area contributed by atoms with Crippen LogP contribution in [-0.2, 0) is 22.0 Å². The summed E-state index contributed by atoms with van der Waals surface area (Å²) in [5.41, 5.74) is 7.66. The number of hydrogen-bond donors (Lipinski definition) is 2. The van der Waals surface area contributed by atoms with Gasteiger partial charge in [0.1, 0.15) is 0 Å². The maximum atomic E-state index is 12.7. The summed E-state index contributed by atoms with van der Waals surface area (Å²) in [6.07, 6.45) is 2.37. The van der Waals surface area contributed by atoms with Gasteiger partial charge in [0.25, 0.3) is 5.91 Å². The third-order valence-corrected chi connectivity index (χ3v) is 6.54. The molecule has 1 heterocycles. The highest BCUT2D eigenvalue weighted by Crippen LogP contribution is 2.30. The summed E-state index contributed by atoms with van der Waals surface area (Å²) in [6.45, 7) is 6.17. The van der Waals surface area contributed by atoms with Gasteiger partial charge in [0.2, 0.25) is 21.8 Å². The number of aromatic nitrogens is 2. The maximum Gasteiger partial charge on any atom is 0.251 e. The van der Waals surface area contributed by atoms with Crippen molar-refractivity contribution in [1.29, 1.82) is 0 Å². The molecule has 3 rings (SSSR count). The number of nitrogens with zero attached hydrogens (tertiary/aromatic N) is 3. The lowest BCUT2D eigenvalue weighted by Gasteiger charge is -2.22. The van der Waals surface area contributed by atoms with Gasteiger partial charge in [0, 0.05) is 24.2 Å². The van der Waals surface area contributed by atoms with Gasteiger partial charge in [-0.3, -0.25) is 9.10 Å².